The Labute approximate surface area is 164 Å². The number of esters is 1. The number of anilines is 1. The van der Waals surface area contributed by atoms with Gasteiger partial charge in [0.2, 0.25) is 0 Å². The molecule has 28 heavy (non-hydrogen) atoms. The highest BCUT2D eigenvalue weighted by atomic mass is 16.6. The van der Waals surface area contributed by atoms with Crippen LogP contribution in [-0.2, 0) is 20.7 Å². The fraction of sp³-hybridized carbons (Fsp3) is 0.318. The van der Waals surface area contributed by atoms with E-state index in [1.807, 2.05) is 24.3 Å². The molecule has 6 nitrogen and oxygen atoms in total. The maximum atomic E-state index is 12.6. The number of ketones is 1. The SMILES string of the molecule is CCC(=O)c1ccc(OCC(=O)O[C@@H](C)C(=O)N2CCc3ccccc32)cc1. The lowest BCUT2D eigenvalue weighted by Crippen LogP contribution is -2.39. The third-order valence-electron chi connectivity index (χ3n) is 4.66. The van der Waals surface area contributed by atoms with E-state index in [1.54, 1.807) is 43.0 Å². The van der Waals surface area contributed by atoms with Crippen LogP contribution in [0.2, 0.25) is 0 Å². The highest BCUT2D eigenvalue weighted by molar-refractivity contribution is 5.99. The molecule has 0 spiro atoms. The van der Waals surface area contributed by atoms with Gasteiger partial charge in [0.25, 0.3) is 5.91 Å². The van der Waals surface area contributed by atoms with Crippen LogP contribution in [-0.4, -0.2) is 36.9 Å². The summed E-state index contributed by atoms with van der Waals surface area (Å²) in [4.78, 5) is 37.9. The van der Waals surface area contributed by atoms with Crippen LogP contribution in [0.25, 0.3) is 0 Å². The highest BCUT2D eigenvalue weighted by Crippen LogP contribution is 2.28. The average Bonchev–Trinajstić information content (AvgIpc) is 3.15. The minimum atomic E-state index is -0.896. The first-order valence-corrected chi connectivity index (χ1v) is 9.34. The van der Waals surface area contributed by atoms with Crippen LogP contribution in [0.1, 0.15) is 36.2 Å². The van der Waals surface area contributed by atoms with E-state index >= 15 is 0 Å². The Balaban J connectivity index is 1.51. The molecule has 1 heterocycles. The summed E-state index contributed by atoms with van der Waals surface area (Å²) in [6.07, 6.45) is 0.328. The second kappa shape index (κ2) is 8.69. The molecule has 0 radical (unpaired) electrons. The number of rotatable bonds is 7. The van der Waals surface area contributed by atoms with Crippen molar-refractivity contribution in [1.29, 1.82) is 0 Å². The van der Waals surface area contributed by atoms with E-state index in [0.29, 0.717) is 24.3 Å². The van der Waals surface area contributed by atoms with Crippen molar-refractivity contribution < 1.29 is 23.9 Å². The first-order chi connectivity index (χ1) is 13.5. The van der Waals surface area contributed by atoms with Gasteiger partial charge in [-0.15, -0.1) is 0 Å². The third kappa shape index (κ3) is 4.39. The van der Waals surface area contributed by atoms with Crippen molar-refractivity contribution in [3.8, 4) is 5.75 Å². The van der Waals surface area contributed by atoms with Crippen molar-refractivity contribution in [3.05, 3.63) is 59.7 Å². The fourth-order valence-corrected chi connectivity index (χ4v) is 3.15. The molecular weight excluding hydrogens is 358 g/mol. The summed E-state index contributed by atoms with van der Waals surface area (Å²) >= 11 is 0. The predicted molar refractivity (Wildman–Crippen MR) is 105 cm³/mol. The molecule has 0 saturated heterocycles. The minimum Gasteiger partial charge on any atom is -0.482 e. The number of fused-ring (bicyclic) bond motifs is 1. The third-order valence-corrected chi connectivity index (χ3v) is 4.66. The average molecular weight is 381 g/mol. The van der Waals surface area contributed by atoms with Gasteiger partial charge in [0.15, 0.2) is 18.5 Å². The quantitative estimate of drug-likeness (QED) is 0.544. The summed E-state index contributed by atoms with van der Waals surface area (Å²) in [6.45, 7) is 3.63. The first-order valence-electron chi connectivity index (χ1n) is 9.34. The number of amides is 1. The van der Waals surface area contributed by atoms with Crippen molar-refractivity contribution in [3.63, 3.8) is 0 Å². The van der Waals surface area contributed by atoms with E-state index < -0.39 is 12.1 Å². The van der Waals surface area contributed by atoms with Crippen LogP contribution in [0.5, 0.6) is 5.75 Å². The Bertz CT molecular complexity index is 875. The maximum absolute atomic E-state index is 12.6. The van der Waals surface area contributed by atoms with Crippen molar-refractivity contribution in [2.45, 2.75) is 32.8 Å². The van der Waals surface area contributed by atoms with E-state index in [2.05, 4.69) is 0 Å². The van der Waals surface area contributed by atoms with Gasteiger partial charge in [0, 0.05) is 24.2 Å². The number of hydrogen-bond donors (Lipinski definition) is 0. The Hall–Kier alpha value is -3.15. The molecule has 2 aromatic carbocycles. The zero-order valence-electron chi connectivity index (χ0n) is 16.0. The number of carbonyl (C=O) groups is 3. The number of hydrogen-bond acceptors (Lipinski definition) is 5. The second-order valence-corrected chi connectivity index (χ2v) is 6.59. The molecule has 1 amide bonds. The van der Waals surface area contributed by atoms with E-state index in [9.17, 15) is 14.4 Å². The van der Waals surface area contributed by atoms with E-state index in [4.69, 9.17) is 9.47 Å². The minimum absolute atomic E-state index is 0.0433. The highest BCUT2D eigenvalue weighted by Gasteiger charge is 2.29. The van der Waals surface area contributed by atoms with Gasteiger partial charge in [-0.25, -0.2) is 4.79 Å². The van der Waals surface area contributed by atoms with Crippen molar-refractivity contribution in [1.82, 2.24) is 0 Å². The molecule has 3 rings (SSSR count). The van der Waals surface area contributed by atoms with E-state index in [1.165, 1.54) is 0 Å². The largest absolute Gasteiger partial charge is 0.482 e. The number of nitrogens with zero attached hydrogens (tertiary/aromatic N) is 1. The summed E-state index contributed by atoms with van der Waals surface area (Å²) in [6, 6.07) is 14.3. The number of para-hydroxylation sites is 1. The van der Waals surface area contributed by atoms with Gasteiger partial charge in [-0.2, -0.15) is 0 Å². The number of benzene rings is 2. The molecule has 2 aromatic rings. The lowest BCUT2D eigenvalue weighted by Gasteiger charge is -2.21. The maximum Gasteiger partial charge on any atom is 0.344 e. The molecule has 146 valence electrons. The zero-order valence-corrected chi connectivity index (χ0v) is 16.0. The molecule has 0 saturated carbocycles. The summed E-state index contributed by atoms with van der Waals surface area (Å²) < 4.78 is 10.6. The molecule has 1 aliphatic rings. The van der Waals surface area contributed by atoms with E-state index in [0.717, 1.165) is 17.7 Å². The van der Waals surface area contributed by atoms with Crippen LogP contribution in [0, 0.1) is 0 Å². The lowest BCUT2D eigenvalue weighted by atomic mass is 10.1. The standard InChI is InChI=1S/C22H23NO5/c1-3-20(24)17-8-10-18(11-9-17)27-14-21(25)28-15(2)22(26)23-13-12-16-6-4-5-7-19(16)23/h4-11,15H,3,12-14H2,1-2H3/t15-/m0/s1. The lowest BCUT2D eigenvalue weighted by molar-refractivity contribution is -0.155. The van der Waals surface area contributed by atoms with Crippen molar-refractivity contribution in [2.75, 3.05) is 18.1 Å². The molecule has 0 aliphatic carbocycles. The smallest absolute Gasteiger partial charge is 0.344 e. The molecule has 1 aliphatic heterocycles. The van der Waals surface area contributed by atoms with Gasteiger partial charge in [-0.3, -0.25) is 9.59 Å². The van der Waals surface area contributed by atoms with Crippen LogP contribution in [0.3, 0.4) is 0 Å². The van der Waals surface area contributed by atoms with Crippen LogP contribution in [0.15, 0.2) is 48.5 Å². The van der Waals surface area contributed by atoms with Gasteiger partial charge in [0.1, 0.15) is 5.75 Å². The Kier molecular flexibility index (Phi) is 6.09. The summed E-state index contributed by atoms with van der Waals surface area (Å²) in [5.74, 6) is -0.374. The van der Waals surface area contributed by atoms with Gasteiger partial charge < -0.3 is 14.4 Å². The summed E-state index contributed by atoms with van der Waals surface area (Å²) in [7, 11) is 0. The number of carbonyl (C=O) groups excluding carboxylic acids is 3. The topological polar surface area (TPSA) is 72.9 Å². The van der Waals surface area contributed by atoms with Gasteiger partial charge >= 0.3 is 5.97 Å². The first kappa shape index (κ1) is 19.6. The van der Waals surface area contributed by atoms with E-state index in [-0.39, 0.29) is 18.3 Å². The zero-order chi connectivity index (χ0) is 20.1. The monoisotopic (exact) mass is 381 g/mol. The molecule has 0 bridgehead atoms. The molecule has 1 atom stereocenters. The Morgan fingerprint density at radius 3 is 2.50 bits per heavy atom. The Morgan fingerprint density at radius 2 is 1.79 bits per heavy atom. The number of Topliss-reactive ketones (excluding diaryl/α,β-unsaturated/α-hetero) is 1. The molecule has 0 N–H and O–H groups in total. The second-order valence-electron chi connectivity index (χ2n) is 6.59. The molecule has 0 unspecified atom stereocenters. The summed E-state index contributed by atoms with van der Waals surface area (Å²) in [5.41, 5.74) is 2.58. The van der Waals surface area contributed by atoms with Crippen LogP contribution < -0.4 is 9.64 Å². The van der Waals surface area contributed by atoms with Gasteiger partial charge in [-0.1, -0.05) is 25.1 Å². The predicted octanol–water partition coefficient (Wildman–Crippen LogP) is 3.18. The Morgan fingerprint density at radius 1 is 1.07 bits per heavy atom. The normalized spacial score (nSPS) is 13.6. The molecule has 0 fully saturated rings. The molecule has 6 heteroatoms. The molecular formula is C22H23NO5. The van der Waals surface area contributed by atoms with Crippen LogP contribution >= 0.6 is 0 Å². The van der Waals surface area contributed by atoms with Crippen LogP contribution in [0.4, 0.5) is 5.69 Å². The van der Waals surface area contributed by atoms with Gasteiger partial charge in [-0.05, 0) is 49.2 Å². The van der Waals surface area contributed by atoms with Crippen molar-refractivity contribution >= 4 is 23.3 Å². The fourth-order valence-electron chi connectivity index (χ4n) is 3.15. The number of ether oxygens (including phenoxy) is 2. The van der Waals surface area contributed by atoms with Gasteiger partial charge in [0.05, 0.1) is 0 Å². The van der Waals surface area contributed by atoms with Crippen molar-refractivity contribution in [2.24, 2.45) is 0 Å². The molecule has 0 aromatic heterocycles. The summed E-state index contributed by atoms with van der Waals surface area (Å²) in [5, 5.41) is 0.